The maximum Gasteiger partial charge on any atom is 0.243 e. The number of aliphatic hydroxyl groups is 1. The molecule has 0 spiro atoms. The van der Waals surface area contributed by atoms with Crippen LogP contribution in [0.3, 0.4) is 0 Å². The largest absolute Gasteiger partial charge is 0.488 e. The normalized spacial score (nSPS) is 12.1. The lowest BCUT2D eigenvalue weighted by molar-refractivity contribution is -0.122. The van der Waals surface area contributed by atoms with Gasteiger partial charge in [0, 0.05) is 13.1 Å². The molecular formula is C13H18Cl2N2O4. The Morgan fingerprint density at radius 1 is 1.38 bits per heavy atom. The van der Waals surface area contributed by atoms with Gasteiger partial charge in [-0.25, -0.2) is 0 Å². The van der Waals surface area contributed by atoms with Gasteiger partial charge in [-0.2, -0.15) is 0 Å². The van der Waals surface area contributed by atoms with E-state index in [2.05, 4.69) is 5.32 Å². The maximum absolute atomic E-state index is 10.4. The maximum atomic E-state index is 10.4. The van der Waals surface area contributed by atoms with Crippen molar-refractivity contribution in [3.63, 3.8) is 0 Å². The number of nitrogens with two attached hydrogens (primary N) is 1. The SMILES string of the molecule is NC(=O)COCCNCC(O)COc1c(Cl)cccc1Cl. The summed E-state index contributed by atoms with van der Waals surface area (Å²) in [5.74, 6) is -0.162. The highest BCUT2D eigenvalue weighted by Crippen LogP contribution is 2.32. The van der Waals surface area contributed by atoms with Gasteiger partial charge in [0.25, 0.3) is 0 Å². The first-order valence-electron chi connectivity index (χ1n) is 6.32. The molecule has 0 saturated carbocycles. The molecule has 8 heteroatoms. The molecule has 1 rings (SSSR count). The number of ether oxygens (including phenoxy) is 2. The summed E-state index contributed by atoms with van der Waals surface area (Å²) in [7, 11) is 0. The first kappa shape index (κ1) is 18.0. The van der Waals surface area contributed by atoms with E-state index in [0.29, 0.717) is 35.5 Å². The van der Waals surface area contributed by atoms with Crippen LogP contribution in [0.5, 0.6) is 5.75 Å². The minimum atomic E-state index is -0.728. The predicted octanol–water partition coefficient (Wildman–Crippen LogP) is 0.825. The van der Waals surface area contributed by atoms with Gasteiger partial charge in [-0.3, -0.25) is 4.79 Å². The smallest absolute Gasteiger partial charge is 0.243 e. The molecule has 1 aromatic carbocycles. The van der Waals surface area contributed by atoms with Gasteiger partial charge >= 0.3 is 0 Å². The number of aliphatic hydroxyl groups excluding tert-OH is 1. The lowest BCUT2D eigenvalue weighted by atomic mass is 10.3. The molecule has 0 bridgehead atoms. The molecule has 0 aliphatic carbocycles. The fraction of sp³-hybridized carbons (Fsp3) is 0.462. The Kier molecular flexibility index (Phi) is 8.41. The monoisotopic (exact) mass is 336 g/mol. The molecule has 4 N–H and O–H groups in total. The van der Waals surface area contributed by atoms with Gasteiger partial charge in [-0.1, -0.05) is 29.3 Å². The number of carbonyl (C=O) groups excluding carboxylic acids is 1. The first-order valence-corrected chi connectivity index (χ1v) is 7.08. The summed E-state index contributed by atoms with van der Waals surface area (Å²) in [5.41, 5.74) is 4.91. The van der Waals surface area contributed by atoms with Crippen LogP contribution in [0.25, 0.3) is 0 Å². The van der Waals surface area contributed by atoms with Crippen molar-refractivity contribution < 1.29 is 19.4 Å². The Hall–Kier alpha value is -1.05. The number of halogens is 2. The summed E-state index contributed by atoms with van der Waals surface area (Å²) in [4.78, 5) is 10.4. The van der Waals surface area contributed by atoms with Gasteiger partial charge in [0.15, 0.2) is 5.75 Å². The first-order chi connectivity index (χ1) is 10.0. The summed E-state index contributed by atoms with van der Waals surface area (Å²) >= 11 is 11.9. The van der Waals surface area contributed by atoms with Crippen LogP contribution in [0.2, 0.25) is 10.0 Å². The average molecular weight is 337 g/mol. The van der Waals surface area contributed by atoms with E-state index in [4.69, 9.17) is 38.4 Å². The lowest BCUT2D eigenvalue weighted by Gasteiger charge is -2.14. The summed E-state index contributed by atoms with van der Waals surface area (Å²) in [6, 6.07) is 5.02. The number of para-hydroxylation sites is 1. The van der Waals surface area contributed by atoms with E-state index in [1.165, 1.54) is 0 Å². The van der Waals surface area contributed by atoms with Crippen LogP contribution >= 0.6 is 23.2 Å². The summed E-state index contributed by atoms with van der Waals surface area (Å²) in [6.45, 7) is 1.06. The van der Waals surface area contributed by atoms with E-state index < -0.39 is 12.0 Å². The predicted molar refractivity (Wildman–Crippen MR) is 80.8 cm³/mol. The van der Waals surface area contributed by atoms with Crippen LogP contribution in [-0.4, -0.2) is 50.0 Å². The van der Waals surface area contributed by atoms with Gasteiger partial charge < -0.3 is 25.6 Å². The summed E-state index contributed by atoms with van der Waals surface area (Å²) < 4.78 is 10.3. The number of amides is 1. The van der Waals surface area contributed by atoms with E-state index in [1.807, 2.05) is 0 Å². The van der Waals surface area contributed by atoms with Crippen molar-refractivity contribution in [2.24, 2.45) is 5.73 Å². The zero-order valence-corrected chi connectivity index (χ0v) is 12.9. The number of carbonyl (C=O) groups is 1. The number of hydrogen-bond donors (Lipinski definition) is 3. The molecule has 1 aromatic rings. The molecule has 118 valence electrons. The topological polar surface area (TPSA) is 93.8 Å². The summed E-state index contributed by atoms with van der Waals surface area (Å²) in [6.07, 6.45) is -0.728. The van der Waals surface area contributed by atoms with Crippen LogP contribution in [0.1, 0.15) is 0 Å². The van der Waals surface area contributed by atoms with Crippen molar-refractivity contribution >= 4 is 29.1 Å². The summed E-state index contributed by atoms with van der Waals surface area (Å²) in [5, 5.41) is 13.5. The highest BCUT2D eigenvalue weighted by molar-refractivity contribution is 6.37. The Morgan fingerprint density at radius 3 is 2.67 bits per heavy atom. The van der Waals surface area contributed by atoms with Crippen LogP contribution in [0, 0.1) is 0 Å². The fourth-order valence-electron chi connectivity index (χ4n) is 1.44. The second-order valence-corrected chi connectivity index (χ2v) is 5.05. The van der Waals surface area contributed by atoms with E-state index in [9.17, 15) is 9.90 Å². The van der Waals surface area contributed by atoms with Crippen molar-refractivity contribution in [3.05, 3.63) is 28.2 Å². The third kappa shape index (κ3) is 7.50. The van der Waals surface area contributed by atoms with E-state index in [1.54, 1.807) is 18.2 Å². The van der Waals surface area contributed by atoms with E-state index >= 15 is 0 Å². The van der Waals surface area contributed by atoms with Gasteiger partial charge in [0.1, 0.15) is 19.3 Å². The van der Waals surface area contributed by atoms with Crippen LogP contribution < -0.4 is 15.8 Å². The fourth-order valence-corrected chi connectivity index (χ4v) is 1.95. The molecule has 0 heterocycles. The number of primary amides is 1. The highest BCUT2D eigenvalue weighted by Gasteiger charge is 2.10. The van der Waals surface area contributed by atoms with E-state index in [0.717, 1.165) is 0 Å². The lowest BCUT2D eigenvalue weighted by Crippen LogP contribution is -2.33. The molecule has 0 aliphatic heterocycles. The van der Waals surface area contributed by atoms with Gasteiger partial charge in [-0.15, -0.1) is 0 Å². The Balaban J connectivity index is 2.17. The van der Waals surface area contributed by atoms with Crippen molar-refractivity contribution in [3.8, 4) is 5.75 Å². The molecule has 1 amide bonds. The molecule has 21 heavy (non-hydrogen) atoms. The third-order valence-corrected chi connectivity index (χ3v) is 2.98. The Morgan fingerprint density at radius 2 is 2.05 bits per heavy atom. The van der Waals surface area contributed by atoms with Gasteiger partial charge in [0.05, 0.1) is 16.7 Å². The minimum Gasteiger partial charge on any atom is -0.488 e. The Labute approximate surface area is 133 Å². The minimum absolute atomic E-state index is 0.0542. The zero-order valence-electron chi connectivity index (χ0n) is 11.4. The molecule has 1 atom stereocenters. The second-order valence-electron chi connectivity index (χ2n) is 4.24. The second kappa shape index (κ2) is 9.81. The number of hydrogen-bond acceptors (Lipinski definition) is 5. The molecule has 0 aliphatic rings. The quantitative estimate of drug-likeness (QED) is 0.550. The standard InChI is InChI=1S/C13H18Cl2N2O4/c14-10-2-1-3-11(15)13(10)21-7-9(18)6-17-4-5-20-8-12(16)19/h1-3,9,17-18H,4-8H2,(H2,16,19). The average Bonchev–Trinajstić information content (AvgIpc) is 2.41. The third-order valence-electron chi connectivity index (χ3n) is 2.39. The van der Waals surface area contributed by atoms with Crippen molar-refractivity contribution in [1.29, 1.82) is 0 Å². The van der Waals surface area contributed by atoms with Gasteiger partial charge in [0.2, 0.25) is 5.91 Å². The number of benzene rings is 1. The molecule has 1 unspecified atom stereocenters. The van der Waals surface area contributed by atoms with Crippen LogP contribution in [0.15, 0.2) is 18.2 Å². The van der Waals surface area contributed by atoms with Crippen molar-refractivity contribution in [2.75, 3.05) is 32.9 Å². The Bertz CT molecular complexity index is 440. The molecule has 0 aromatic heterocycles. The molecule has 0 saturated heterocycles. The molecular weight excluding hydrogens is 319 g/mol. The van der Waals surface area contributed by atoms with Crippen LogP contribution in [-0.2, 0) is 9.53 Å². The number of rotatable bonds is 10. The highest BCUT2D eigenvalue weighted by atomic mass is 35.5. The van der Waals surface area contributed by atoms with Crippen molar-refractivity contribution in [1.82, 2.24) is 5.32 Å². The molecule has 0 fully saturated rings. The van der Waals surface area contributed by atoms with Crippen molar-refractivity contribution in [2.45, 2.75) is 6.10 Å². The van der Waals surface area contributed by atoms with E-state index in [-0.39, 0.29) is 13.2 Å². The van der Waals surface area contributed by atoms with Gasteiger partial charge in [-0.05, 0) is 12.1 Å². The zero-order chi connectivity index (χ0) is 15.7. The number of nitrogens with one attached hydrogen (secondary N) is 1. The molecule has 6 nitrogen and oxygen atoms in total. The van der Waals surface area contributed by atoms with Crippen LogP contribution in [0.4, 0.5) is 0 Å². The molecule has 0 radical (unpaired) electrons.